The summed E-state index contributed by atoms with van der Waals surface area (Å²) in [7, 11) is 0. The van der Waals surface area contributed by atoms with Crippen LogP contribution in [0.3, 0.4) is 0 Å². The first-order valence-electron chi connectivity index (χ1n) is 33.9. The smallest absolute Gasteiger partial charge is 0.220 e. The van der Waals surface area contributed by atoms with Gasteiger partial charge >= 0.3 is 0 Å². The summed E-state index contributed by atoms with van der Waals surface area (Å²) in [4.78, 5) is 13.4. The predicted octanol–water partition coefficient (Wildman–Crippen LogP) is 8.11. The van der Waals surface area contributed by atoms with Crippen LogP contribution < -0.4 is 5.32 Å². The van der Waals surface area contributed by atoms with Crippen LogP contribution in [0, 0.1) is 0 Å². The molecular formula is C65H123NO18. The topological polar surface area (TPSA) is 307 Å². The molecule has 19 nitrogen and oxygen atoms in total. The van der Waals surface area contributed by atoms with Gasteiger partial charge < -0.3 is 89.9 Å². The number of allylic oxidation sites excluding steroid dienone is 2. The maximum absolute atomic E-state index is 13.4. The number of aliphatic hydroxyl groups excluding tert-OH is 11. The highest BCUT2D eigenvalue weighted by atomic mass is 16.8. The quantitative estimate of drug-likeness (QED) is 0.0202. The van der Waals surface area contributed by atoms with Gasteiger partial charge in [0, 0.05) is 6.42 Å². The molecule has 19 heteroatoms. The number of unbranched alkanes of at least 4 members (excludes halogenated alkanes) is 34. The Labute approximate surface area is 506 Å². The van der Waals surface area contributed by atoms with Crippen molar-refractivity contribution in [2.75, 3.05) is 26.4 Å². The first-order valence-corrected chi connectivity index (χ1v) is 33.9. The average molecular weight is 1210 g/mol. The van der Waals surface area contributed by atoms with Crippen molar-refractivity contribution in [2.45, 2.75) is 369 Å². The van der Waals surface area contributed by atoms with Crippen molar-refractivity contribution >= 4 is 5.91 Å². The van der Waals surface area contributed by atoms with Crippen LogP contribution >= 0.6 is 0 Å². The maximum atomic E-state index is 13.4. The van der Waals surface area contributed by atoms with E-state index in [0.29, 0.717) is 12.8 Å². The van der Waals surface area contributed by atoms with Crippen LogP contribution in [0.15, 0.2) is 12.2 Å². The lowest BCUT2D eigenvalue weighted by Crippen LogP contribution is -2.66. The molecule has 3 saturated heterocycles. The van der Waals surface area contributed by atoms with Gasteiger partial charge in [0.1, 0.15) is 73.2 Å². The molecule has 17 unspecified atom stereocenters. The van der Waals surface area contributed by atoms with E-state index in [4.69, 9.17) is 28.4 Å². The first kappa shape index (κ1) is 76.8. The monoisotopic (exact) mass is 1210 g/mol. The lowest BCUT2D eigenvalue weighted by molar-refractivity contribution is -0.379. The third-order valence-electron chi connectivity index (χ3n) is 17.3. The summed E-state index contributed by atoms with van der Waals surface area (Å²) in [5.74, 6) is -0.248. The van der Waals surface area contributed by atoms with E-state index in [1.54, 1.807) is 0 Å². The van der Waals surface area contributed by atoms with E-state index in [-0.39, 0.29) is 18.9 Å². The number of amides is 1. The molecule has 3 aliphatic rings. The minimum atomic E-state index is -1.97. The minimum absolute atomic E-state index is 0.248. The van der Waals surface area contributed by atoms with Crippen molar-refractivity contribution in [3.8, 4) is 0 Å². The molecule has 3 aliphatic heterocycles. The molecule has 12 N–H and O–H groups in total. The van der Waals surface area contributed by atoms with E-state index in [2.05, 4.69) is 31.3 Å². The molecular weight excluding hydrogens is 1080 g/mol. The lowest BCUT2D eigenvalue weighted by atomic mass is 9.96. The molecule has 84 heavy (non-hydrogen) atoms. The zero-order chi connectivity index (χ0) is 61.2. The molecule has 3 fully saturated rings. The Morgan fingerprint density at radius 3 is 1.15 bits per heavy atom. The zero-order valence-electron chi connectivity index (χ0n) is 52.2. The summed E-state index contributed by atoms with van der Waals surface area (Å²) < 4.78 is 34.4. The molecule has 17 atom stereocenters. The fourth-order valence-electron chi connectivity index (χ4n) is 11.8. The molecule has 3 heterocycles. The average Bonchev–Trinajstić information content (AvgIpc) is 2.81. The fraction of sp³-hybridized carbons (Fsp3) is 0.954. The number of hydrogen-bond donors (Lipinski definition) is 12. The summed E-state index contributed by atoms with van der Waals surface area (Å²) in [6, 6.07) is -0.888. The van der Waals surface area contributed by atoms with Crippen LogP contribution in [0.1, 0.15) is 264 Å². The predicted molar refractivity (Wildman–Crippen MR) is 323 cm³/mol. The van der Waals surface area contributed by atoms with Crippen molar-refractivity contribution in [1.82, 2.24) is 5.32 Å². The molecule has 0 radical (unpaired) electrons. The summed E-state index contributed by atoms with van der Waals surface area (Å²) >= 11 is 0. The number of hydrogen-bond acceptors (Lipinski definition) is 18. The molecule has 0 aliphatic carbocycles. The second kappa shape index (κ2) is 48.4. The second-order valence-electron chi connectivity index (χ2n) is 24.6. The fourth-order valence-corrected chi connectivity index (χ4v) is 11.8. The number of rotatable bonds is 52. The number of nitrogens with one attached hydrogen (secondary N) is 1. The van der Waals surface area contributed by atoms with Gasteiger partial charge in [0.25, 0.3) is 0 Å². The van der Waals surface area contributed by atoms with Crippen LogP contribution in [0.4, 0.5) is 0 Å². The van der Waals surface area contributed by atoms with Gasteiger partial charge in [-0.1, -0.05) is 231 Å². The van der Waals surface area contributed by atoms with Gasteiger partial charge in [-0.3, -0.25) is 4.79 Å². The van der Waals surface area contributed by atoms with Crippen LogP contribution in [0.25, 0.3) is 0 Å². The Morgan fingerprint density at radius 2 is 0.750 bits per heavy atom. The van der Waals surface area contributed by atoms with Gasteiger partial charge in [0.15, 0.2) is 18.9 Å². The Kier molecular flexibility index (Phi) is 44.2. The van der Waals surface area contributed by atoms with Gasteiger partial charge in [-0.15, -0.1) is 0 Å². The van der Waals surface area contributed by atoms with Crippen molar-refractivity contribution in [3.63, 3.8) is 0 Å². The van der Waals surface area contributed by atoms with E-state index in [1.807, 2.05) is 0 Å². The highest BCUT2D eigenvalue weighted by Crippen LogP contribution is 2.33. The standard InChI is InChI=1S/C65H123NO18/c1-3-5-7-9-11-13-15-17-19-20-21-22-23-24-25-26-27-29-30-32-34-36-38-40-42-49(70)48(66-53(71)43-41-39-37-35-33-31-28-18-16-14-12-10-8-6-4-2)47-79-63-59(77)56(74)61(51(45-68)81-63)84-65-60(78)57(75)62(52(46-69)82-65)83-64-58(76)55(73)54(72)50(44-67)80-64/h18,28,48-52,54-65,67-70,72-78H,3-17,19-27,29-47H2,1-2H3,(H,66,71)/b28-18-. The zero-order valence-corrected chi connectivity index (χ0v) is 52.2. The van der Waals surface area contributed by atoms with Crippen LogP contribution in [-0.2, 0) is 33.2 Å². The third kappa shape index (κ3) is 30.8. The lowest BCUT2D eigenvalue weighted by Gasteiger charge is -2.48. The van der Waals surface area contributed by atoms with E-state index in [0.717, 1.165) is 64.2 Å². The summed E-state index contributed by atoms with van der Waals surface area (Å²) in [6.07, 6.45) is 24.4. The number of aliphatic hydroxyl groups is 11. The molecule has 0 spiro atoms. The van der Waals surface area contributed by atoms with Gasteiger partial charge in [-0.25, -0.2) is 0 Å². The highest BCUT2D eigenvalue weighted by molar-refractivity contribution is 5.76. The SMILES string of the molecule is CCCCCCCC/C=C\CCCCCCCC(=O)NC(COC1OC(CO)C(OC2OC(CO)C(OC3OC(CO)C(O)C(O)C3O)C(O)C2O)C(O)C1O)C(O)CCCCCCCCCCCCCCCCCCCCCCCCCC. The molecule has 0 aromatic carbocycles. The molecule has 0 aromatic rings. The van der Waals surface area contributed by atoms with E-state index < -0.39 is 124 Å². The highest BCUT2D eigenvalue weighted by Gasteiger charge is 2.53. The van der Waals surface area contributed by atoms with Crippen LogP contribution in [-0.4, -0.2) is 193 Å². The molecule has 496 valence electrons. The number of ether oxygens (including phenoxy) is 6. The van der Waals surface area contributed by atoms with Crippen LogP contribution in [0.5, 0.6) is 0 Å². The van der Waals surface area contributed by atoms with Gasteiger partial charge in [-0.2, -0.15) is 0 Å². The second-order valence-corrected chi connectivity index (χ2v) is 24.6. The van der Waals surface area contributed by atoms with Crippen molar-refractivity contribution in [1.29, 1.82) is 0 Å². The van der Waals surface area contributed by atoms with Gasteiger partial charge in [-0.05, 0) is 38.5 Å². The Hall–Kier alpha value is -1.47. The molecule has 3 rings (SSSR count). The summed E-state index contributed by atoms with van der Waals surface area (Å²) in [5, 5.41) is 121. The third-order valence-corrected chi connectivity index (χ3v) is 17.3. The molecule has 0 aromatic heterocycles. The minimum Gasteiger partial charge on any atom is -0.394 e. The van der Waals surface area contributed by atoms with E-state index in [9.17, 15) is 61.0 Å². The van der Waals surface area contributed by atoms with Crippen molar-refractivity contribution in [3.05, 3.63) is 12.2 Å². The van der Waals surface area contributed by atoms with E-state index in [1.165, 1.54) is 167 Å². The van der Waals surface area contributed by atoms with Gasteiger partial charge in [0.05, 0.1) is 38.6 Å². The van der Waals surface area contributed by atoms with E-state index >= 15 is 0 Å². The van der Waals surface area contributed by atoms with Gasteiger partial charge in [0.2, 0.25) is 5.91 Å². The number of carbonyl (C=O) groups is 1. The van der Waals surface area contributed by atoms with Crippen LogP contribution in [0.2, 0.25) is 0 Å². The normalized spacial score (nSPS) is 29.2. The van der Waals surface area contributed by atoms with Crippen molar-refractivity contribution in [2.24, 2.45) is 0 Å². The Balaban J connectivity index is 1.43. The first-order chi connectivity index (χ1) is 40.8. The maximum Gasteiger partial charge on any atom is 0.220 e. The Bertz CT molecular complexity index is 1580. The summed E-state index contributed by atoms with van der Waals surface area (Å²) in [5.41, 5.74) is 0. The molecule has 0 bridgehead atoms. The number of carbonyl (C=O) groups excluding carboxylic acids is 1. The largest absolute Gasteiger partial charge is 0.394 e. The molecule has 0 saturated carbocycles. The summed E-state index contributed by atoms with van der Waals surface area (Å²) in [6.45, 7) is 1.81. The Morgan fingerprint density at radius 1 is 0.417 bits per heavy atom. The van der Waals surface area contributed by atoms with Crippen molar-refractivity contribution < 1.29 is 89.4 Å². The molecule has 1 amide bonds.